The van der Waals surface area contributed by atoms with Crippen molar-refractivity contribution < 1.29 is 22.8 Å². The number of morpholine rings is 1. The van der Waals surface area contributed by atoms with Crippen molar-refractivity contribution in [3.05, 3.63) is 18.2 Å². The van der Waals surface area contributed by atoms with Gasteiger partial charge in [-0.25, -0.2) is 12.7 Å². The predicted molar refractivity (Wildman–Crippen MR) is 96.5 cm³/mol. The highest BCUT2D eigenvalue weighted by molar-refractivity contribution is 7.89. The number of carbonyl (C=O) groups excluding carboxylic acids is 1. The van der Waals surface area contributed by atoms with Crippen LogP contribution in [0.1, 0.15) is 13.3 Å². The standard InChI is InChI=1S/C16H23N5O5S/c1-4-12-10-20(7-8-25-12)16(22)11-26-21-15-9-13(27(23,24)19(2)3)5-6-14(15)17-18-21/h5-6,9,12H,4,7-8,10-11H2,1-3H3. The van der Waals surface area contributed by atoms with E-state index in [4.69, 9.17) is 9.57 Å². The van der Waals surface area contributed by atoms with Gasteiger partial charge in [0.2, 0.25) is 10.0 Å². The number of benzene rings is 1. The number of hydrogen-bond acceptors (Lipinski definition) is 7. The third-order valence-electron chi connectivity index (χ3n) is 4.42. The smallest absolute Gasteiger partial charge is 0.263 e. The van der Waals surface area contributed by atoms with E-state index in [9.17, 15) is 13.2 Å². The maximum atomic E-state index is 12.4. The molecule has 0 spiro atoms. The molecule has 1 atom stereocenters. The van der Waals surface area contributed by atoms with Gasteiger partial charge in [0, 0.05) is 27.2 Å². The zero-order valence-corrected chi connectivity index (χ0v) is 16.3. The second-order valence-corrected chi connectivity index (χ2v) is 8.57. The Kier molecular flexibility index (Phi) is 5.63. The van der Waals surface area contributed by atoms with Gasteiger partial charge < -0.3 is 14.5 Å². The van der Waals surface area contributed by atoms with Crippen molar-refractivity contribution in [2.24, 2.45) is 0 Å². The monoisotopic (exact) mass is 397 g/mol. The van der Waals surface area contributed by atoms with E-state index in [1.165, 1.54) is 26.2 Å². The summed E-state index contributed by atoms with van der Waals surface area (Å²) in [6.07, 6.45) is 0.871. The highest BCUT2D eigenvalue weighted by Crippen LogP contribution is 2.19. The van der Waals surface area contributed by atoms with Gasteiger partial charge in [0.1, 0.15) is 11.0 Å². The molecule has 27 heavy (non-hydrogen) atoms. The van der Waals surface area contributed by atoms with Crippen LogP contribution in [0.3, 0.4) is 0 Å². The van der Waals surface area contributed by atoms with Gasteiger partial charge in [-0.05, 0) is 29.8 Å². The number of ether oxygens (including phenoxy) is 1. The lowest BCUT2D eigenvalue weighted by molar-refractivity contribution is -0.144. The number of carbonyl (C=O) groups is 1. The summed E-state index contributed by atoms with van der Waals surface area (Å²) in [5, 5.41) is 7.79. The lowest BCUT2D eigenvalue weighted by Crippen LogP contribution is -2.47. The van der Waals surface area contributed by atoms with E-state index < -0.39 is 10.0 Å². The molecule has 0 N–H and O–H groups in total. The van der Waals surface area contributed by atoms with E-state index >= 15 is 0 Å². The Morgan fingerprint density at radius 3 is 2.89 bits per heavy atom. The lowest BCUT2D eigenvalue weighted by Gasteiger charge is -2.32. The van der Waals surface area contributed by atoms with E-state index in [0.29, 0.717) is 30.7 Å². The van der Waals surface area contributed by atoms with Crippen LogP contribution in [0.2, 0.25) is 0 Å². The number of amides is 1. The summed E-state index contributed by atoms with van der Waals surface area (Å²) in [4.78, 5) is 20.7. The molecule has 1 aromatic heterocycles. The van der Waals surface area contributed by atoms with Crippen molar-refractivity contribution >= 4 is 27.0 Å². The number of aromatic nitrogens is 3. The van der Waals surface area contributed by atoms with Crippen LogP contribution in [0.25, 0.3) is 11.0 Å². The van der Waals surface area contributed by atoms with Crippen LogP contribution in [0.15, 0.2) is 23.1 Å². The Morgan fingerprint density at radius 2 is 2.19 bits per heavy atom. The average molecular weight is 397 g/mol. The van der Waals surface area contributed by atoms with Crippen LogP contribution in [-0.4, -0.2) is 85.2 Å². The zero-order chi connectivity index (χ0) is 19.6. The minimum atomic E-state index is -3.60. The van der Waals surface area contributed by atoms with Crippen LogP contribution >= 0.6 is 0 Å². The molecule has 2 aromatic rings. The molecule has 0 bridgehead atoms. The number of hydrogen-bond donors (Lipinski definition) is 0. The van der Waals surface area contributed by atoms with Crippen molar-refractivity contribution in [1.82, 2.24) is 24.4 Å². The van der Waals surface area contributed by atoms with Gasteiger partial charge in [0.05, 0.1) is 17.6 Å². The zero-order valence-electron chi connectivity index (χ0n) is 15.5. The van der Waals surface area contributed by atoms with Gasteiger partial charge >= 0.3 is 0 Å². The SMILES string of the molecule is CCC1CN(C(=O)COn2nnc3ccc(S(=O)(=O)N(C)C)cc32)CCO1. The van der Waals surface area contributed by atoms with E-state index in [2.05, 4.69) is 10.3 Å². The minimum Gasteiger partial charge on any atom is -0.385 e. The lowest BCUT2D eigenvalue weighted by atomic mass is 10.2. The summed E-state index contributed by atoms with van der Waals surface area (Å²) < 4.78 is 31.3. The van der Waals surface area contributed by atoms with Gasteiger partial charge in [0.15, 0.2) is 6.61 Å². The molecule has 3 rings (SSSR count). The molecule has 0 radical (unpaired) electrons. The summed E-state index contributed by atoms with van der Waals surface area (Å²) >= 11 is 0. The second kappa shape index (κ2) is 7.79. The minimum absolute atomic E-state index is 0.0358. The van der Waals surface area contributed by atoms with Crippen LogP contribution < -0.4 is 4.84 Å². The topological polar surface area (TPSA) is 107 Å². The maximum Gasteiger partial charge on any atom is 0.263 e. The van der Waals surface area contributed by atoms with Crippen molar-refractivity contribution in [1.29, 1.82) is 0 Å². The molecule has 148 valence electrons. The molecule has 1 amide bonds. The Hall–Kier alpha value is -2.24. The van der Waals surface area contributed by atoms with Crippen LogP contribution in [0.4, 0.5) is 0 Å². The summed E-state index contributed by atoms with van der Waals surface area (Å²) in [6, 6.07) is 4.44. The van der Waals surface area contributed by atoms with Gasteiger partial charge in [-0.3, -0.25) is 4.79 Å². The highest BCUT2D eigenvalue weighted by atomic mass is 32.2. The fraction of sp³-hybridized carbons (Fsp3) is 0.562. The summed E-state index contributed by atoms with van der Waals surface area (Å²) in [6.45, 7) is 3.34. The molecule has 11 heteroatoms. The summed E-state index contributed by atoms with van der Waals surface area (Å²) in [7, 11) is -0.692. The molecule has 1 saturated heterocycles. The fourth-order valence-electron chi connectivity index (χ4n) is 2.75. The summed E-state index contributed by atoms with van der Waals surface area (Å²) in [5.41, 5.74) is 0.844. The molecule has 10 nitrogen and oxygen atoms in total. The van der Waals surface area contributed by atoms with Crippen molar-refractivity contribution in [2.75, 3.05) is 40.4 Å². The van der Waals surface area contributed by atoms with Gasteiger partial charge in [-0.15, -0.1) is 5.10 Å². The Labute approximate surface area is 157 Å². The first-order chi connectivity index (χ1) is 12.8. The van der Waals surface area contributed by atoms with Gasteiger partial charge in [-0.1, -0.05) is 11.8 Å². The third-order valence-corrected chi connectivity index (χ3v) is 6.23. The molecule has 0 aliphatic carbocycles. The van der Waals surface area contributed by atoms with E-state index in [0.717, 1.165) is 15.6 Å². The predicted octanol–water partition coefficient (Wildman–Crippen LogP) is -0.252. The molecule has 1 aromatic carbocycles. The normalized spacial score (nSPS) is 18.2. The van der Waals surface area contributed by atoms with Crippen LogP contribution in [-0.2, 0) is 19.6 Å². The van der Waals surface area contributed by atoms with Crippen molar-refractivity contribution in [2.45, 2.75) is 24.3 Å². The van der Waals surface area contributed by atoms with Crippen LogP contribution in [0, 0.1) is 0 Å². The maximum absolute atomic E-state index is 12.4. The summed E-state index contributed by atoms with van der Waals surface area (Å²) in [5.74, 6) is -0.183. The average Bonchev–Trinajstić information content (AvgIpc) is 3.08. The van der Waals surface area contributed by atoms with Crippen molar-refractivity contribution in [3.63, 3.8) is 0 Å². The van der Waals surface area contributed by atoms with E-state index in [1.807, 2.05) is 6.92 Å². The number of nitrogens with zero attached hydrogens (tertiary/aromatic N) is 5. The molecule has 1 aliphatic heterocycles. The molecule has 2 heterocycles. The molecule has 0 saturated carbocycles. The van der Waals surface area contributed by atoms with E-state index in [-0.39, 0.29) is 23.5 Å². The quantitative estimate of drug-likeness (QED) is 0.661. The van der Waals surface area contributed by atoms with E-state index in [1.54, 1.807) is 11.0 Å². The number of rotatable bonds is 6. The fourth-order valence-corrected chi connectivity index (χ4v) is 3.67. The number of fused-ring (bicyclic) bond motifs is 1. The Bertz CT molecular complexity index is 926. The second-order valence-electron chi connectivity index (χ2n) is 6.41. The molecule has 1 aliphatic rings. The first kappa shape index (κ1) is 19.5. The molecular weight excluding hydrogens is 374 g/mol. The first-order valence-corrected chi connectivity index (χ1v) is 10.1. The largest absolute Gasteiger partial charge is 0.385 e. The van der Waals surface area contributed by atoms with Crippen LogP contribution in [0.5, 0.6) is 0 Å². The van der Waals surface area contributed by atoms with Crippen molar-refractivity contribution in [3.8, 4) is 0 Å². The Balaban J connectivity index is 1.74. The van der Waals surface area contributed by atoms with Gasteiger partial charge in [-0.2, -0.15) is 0 Å². The number of sulfonamides is 1. The molecular formula is C16H23N5O5S. The molecule has 1 unspecified atom stereocenters. The Morgan fingerprint density at radius 1 is 1.41 bits per heavy atom. The molecule has 1 fully saturated rings. The highest BCUT2D eigenvalue weighted by Gasteiger charge is 2.24. The first-order valence-electron chi connectivity index (χ1n) is 8.63. The van der Waals surface area contributed by atoms with Gasteiger partial charge in [0.25, 0.3) is 5.91 Å². The third kappa shape index (κ3) is 4.04.